The summed E-state index contributed by atoms with van der Waals surface area (Å²) < 4.78 is 12.2. The molecule has 7 nitrogen and oxygen atoms in total. The van der Waals surface area contributed by atoms with Crippen LogP contribution in [0.1, 0.15) is 25.0 Å². The van der Waals surface area contributed by atoms with Crippen LogP contribution in [0.25, 0.3) is 0 Å². The van der Waals surface area contributed by atoms with Gasteiger partial charge < -0.3 is 14.8 Å². The molecular formula is C20H20BrCl2N3O4. The minimum absolute atomic E-state index is 0.146. The number of likely N-dealkylation sites (N-methyl/N-ethyl adjacent to an activating group) is 1. The van der Waals surface area contributed by atoms with Gasteiger partial charge in [-0.05, 0) is 59.6 Å². The molecule has 0 aliphatic carbocycles. The van der Waals surface area contributed by atoms with Crippen molar-refractivity contribution in [3.63, 3.8) is 0 Å². The highest BCUT2D eigenvalue weighted by molar-refractivity contribution is 9.10. The Balaban J connectivity index is 2.18. The van der Waals surface area contributed by atoms with E-state index in [1.807, 2.05) is 6.92 Å². The topological polar surface area (TPSA) is 89.0 Å². The predicted octanol–water partition coefficient (Wildman–Crippen LogP) is 4.32. The van der Waals surface area contributed by atoms with Crippen molar-refractivity contribution in [3.05, 3.63) is 56.0 Å². The highest BCUT2D eigenvalue weighted by atomic mass is 79.9. The summed E-state index contributed by atoms with van der Waals surface area (Å²) in [7, 11) is 0. The van der Waals surface area contributed by atoms with Gasteiger partial charge in [-0.2, -0.15) is 5.10 Å². The largest absolute Gasteiger partial charge is 0.490 e. The summed E-state index contributed by atoms with van der Waals surface area (Å²) >= 11 is 15.9. The Morgan fingerprint density at radius 1 is 1.13 bits per heavy atom. The highest BCUT2D eigenvalue weighted by Gasteiger charge is 2.15. The molecule has 0 aromatic heterocycles. The SMILES string of the molecule is CCNC(=O)C(=O)N/N=C\c1cc(Br)c(OCc2c(Cl)cccc2Cl)c(OCC)c1. The molecule has 2 aromatic rings. The number of halogens is 3. The molecule has 2 rings (SSSR count). The molecule has 160 valence electrons. The van der Waals surface area contributed by atoms with Crippen LogP contribution in [0, 0.1) is 0 Å². The zero-order valence-corrected chi connectivity index (χ0v) is 19.4. The van der Waals surface area contributed by atoms with E-state index in [2.05, 4.69) is 31.8 Å². The number of ether oxygens (including phenoxy) is 2. The number of hydrazone groups is 1. The molecule has 0 fully saturated rings. The van der Waals surface area contributed by atoms with Crippen LogP contribution in [0.15, 0.2) is 39.9 Å². The molecule has 2 N–H and O–H groups in total. The van der Waals surface area contributed by atoms with Crippen LogP contribution >= 0.6 is 39.1 Å². The molecule has 0 saturated carbocycles. The first kappa shape index (κ1) is 24.0. The molecule has 2 aromatic carbocycles. The summed E-state index contributed by atoms with van der Waals surface area (Å²) in [6.07, 6.45) is 1.39. The fourth-order valence-corrected chi connectivity index (χ4v) is 3.42. The van der Waals surface area contributed by atoms with Gasteiger partial charge in [0.2, 0.25) is 0 Å². The van der Waals surface area contributed by atoms with Crippen LogP contribution in [0.2, 0.25) is 10.0 Å². The molecule has 0 atom stereocenters. The van der Waals surface area contributed by atoms with Crippen LogP contribution in [0.4, 0.5) is 0 Å². The van der Waals surface area contributed by atoms with Crippen LogP contribution in [-0.2, 0) is 16.2 Å². The van der Waals surface area contributed by atoms with Gasteiger partial charge in [0.25, 0.3) is 0 Å². The Bertz CT molecular complexity index is 934. The summed E-state index contributed by atoms with van der Waals surface area (Å²) in [5, 5.41) is 7.19. The normalized spacial score (nSPS) is 10.7. The first-order valence-corrected chi connectivity index (χ1v) is 10.6. The average Bonchev–Trinajstić information content (AvgIpc) is 2.69. The van der Waals surface area contributed by atoms with Gasteiger partial charge in [0.15, 0.2) is 11.5 Å². The van der Waals surface area contributed by atoms with Crippen molar-refractivity contribution in [2.45, 2.75) is 20.5 Å². The third-order valence-electron chi connectivity index (χ3n) is 3.68. The average molecular weight is 517 g/mol. The lowest BCUT2D eigenvalue weighted by atomic mass is 10.2. The number of amides is 2. The summed E-state index contributed by atoms with van der Waals surface area (Å²) in [6.45, 7) is 4.46. The Kier molecular flexibility index (Phi) is 9.42. The Labute approximate surface area is 192 Å². The molecule has 0 aliphatic rings. The number of hydrogen-bond donors (Lipinski definition) is 2. The van der Waals surface area contributed by atoms with E-state index in [1.165, 1.54) is 6.21 Å². The van der Waals surface area contributed by atoms with Gasteiger partial charge >= 0.3 is 11.8 Å². The van der Waals surface area contributed by atoms with E-state index in [9.17, 15) is 9.59 Å². The number of carbonyl (C=O) groups is 2. The van der Waals surface area contributed by atoms with Crippen molar-refractivity contribution < 1.29 is 19.1 Å². The molecule has 0 radical (unpaired) electrons. The quantitative estimate of drug-likeness (QED) is 0.310. The Hall–Kier alpha value is -2.29. The van der Waals surface area contributed by atoms with Crippen molar-refractivity contribution >= 4 is 57.2 Å². The van der Waals surface area contributed by atoms with Crippen LogP contribution in [0.5, 0.6) is 11.5 Å². The number of hydrogen-bond acceptors (Lipinski definition) is 5. The molecule has 0 unspecified atom stereocenters. The predicted molar refractivity (Wildman–Crippen MR) is 121 cm³/mol. The van der Waals surface area contributed by atoms with E-state index in [-0.39, 0.29) is 6.61 Å². The second-order valence-electron chi connectivity index (χ2n) is 5.81. The number of rotatable bonds is 8. The maximum absolute atomic E-state index is 11.6. The third kappa shape index (κ3) is 6.62. The van der Waals surface area contributed by atoms with Crippen molar-refractivity contribution in [2.24, 2.45) is 5.10 Å². The Morgan fingerprint density at radius 3 is 2.47 bits per heavy atom. The van der Waals surface area contributed by atoms with E-state index in [4.69, 9.17) is 32.7 Å². The van der Waals surface area contributed by atoms with E-state index >= 15 is 0 Å². The van der Waals surface area contributed by atoms with Crippen molar-refractivity contribution in [3.8, 4) is 11.5 Å². The first-order chi connectivity index (χ1) is 14.4. The van der Waals surface area contributed by atoms with E-state index in [0.29, 0.717) is 50.3 Å². The van der Waals surface area contributed by atoms with E-state index in [0.717, 1.165) is 0 Å². The van der Waals surface area contributed by atoms with Gasteiger partial charge in [0.05, 0.1) is 17.3 Å². The zero-order valence-electron chi connectivity index (χ0n) is 16.3. The maximum atomic E-state index is 11.6. The fraction of sp³-hybridized carbons (Fsp3) is 0.250. The molecule has 0 heterocycles. The second kappa shape index (κ2) is 11.8. The van der Waals surface area contributed by atoms with Crippen molar-refractivity contribution in [1.82, 2.24) is 10.7 Å². The van der Waals surface area contributed by atoms with Gasteiger partial charge in [-0.1, -0.05) is 29.3 Å². The molecule has 0 aliphatic heterocycles. The number of carbonyl (C=O) groups excluding carboxylic acids is 2. The monoisotopic (exact) mass is 515 g/mol. The van der Waals surface area contributed by atoms with Gasteiger partial charge in [-0.15, -0.1) is 0 Å². The smallest absolute Gasteiger partial charge is 0.329 e. The van der Waals surface area contributed by atoms with Gasteiger partial charge in [-0.25, -0.2) is 5.43 Å². The minimum Gasteiger partial charge on any atom is -0.490 e. The molecule has 2 amide bonds. The molecule has 10 heteroatoms. The molecule has 0 bridgehead atoms. The molecule has 0 saturated heterocycles. The molecular weight excluding hydrogens is 497 g/mol. The van der Waals surface area contributed by atoms with Gasteiger partial charge in [-0.3, -0.25) is 9.59 Å². The van der Waals surface area contributed by atoms with E-state index < -0.39 is 11.8 Å². The van der Waals surface area contributed by atoms with Crippen molar-refractivity contribution in [2.75, 3.05) is 13.2 Å². The lowest BCUT2D eigenvalue weighted by Gasteiger charge is -2.15. The molecule has 30 heavy (non-hydrogen) atoms. The summed E-state index contributed by atoms with van der Waals surface area (Å²) in [5.41, 5.74) is 3.44. The Morgan fingerprint density at radius 2 is 1.83 bits per heavy atom. The number of benzene rings is 2. The lowest BCUT2D eigenvalue weighted by molar-refractivity contribution is -0.139. The standard InChI is InChI=1S/C20H20BrCl2N3O4/c1-3-24-19(27)20(28)26-25-10-12-8-14(21)18(17(9-12)29-4-2)30-11-13-15(22)6-5-7-16(13)23/h5-10H,3-4,11H2,1-2H3,(H,24,27)(H,26,28)/b25-10-. The van der Waals surface area contributed by atoms with Gasteiger partial charge in [0, 0.05) is 22.2 Å². The maximum Gasteiger partial charge on any atom is 0.329 e. The summed E-state index contributed by atoms with van der Waals surface area (Å²) in [5.74, 6) is -0.676. The third-order valence-corrected chi connectivity index (χ3v) is 4.97. The summed E-state index contributed by atoms with van der Waals surface area (Å²) in [4.78, 5) is 23.0. The first-order valence-electron chi connectivity index (χ1n) is 9.00. The number of nitrogens with zero attached hydrogens (tertiary/aromatic N) is 1. The van der Waals surface area contributed by atoms with Gasteiger partial charge in [0.1, 0.15) is 6.61 Å². The summed E-state index contributed by atoms with van der Waals surface area (Å²) in [6, 6.07) is 8.65. The van der Waals surface area contributed by atoms with E-state index in [1.54, 1.807) is 37.3 Å². The van der Waals surface area contributed by atoms with Crippen LogP contribution < -0.4 is 20.2 Å². The molecule has 0 spiro atoms. The highest BCUT2D eigenvalue weighted by Crippen LogP contribution is 2.38. The van der Waals surface area contributed by atoms with Crippen molar-refractivity contribution in [1.29, 1.82) is 0 Å². The number of nitrogens with one attached hydrogen (secondary N) is 2. The fourth-order valence-electron chi connectivity index (χ4n) is 2.34. The second-order valence-corrected chi connectivity index (χ2v) is 7.48. The lowest BCUT2D eigenvalue weighted by Crippen LogP contribution is -2.37. The van der Waals surface area contributed by atoms with Crippen LogP contribution in [0.3, 0.4) is 0 Å². The minimum atomic E-state index is -0.853. The zero-order chi connectivity index (χ0) is 22.1. The van der Waals surface area contributed by atoms with Crippen LogP contribution in [-0.4, -0.2) is 31.2 Å².